The van der Waals surface area contributed by atoms with E-state index in [1.54, 1.807) is 0 Å². The summed E-state index contributed by atoms with van der Waals surface area (Å²) in [4.78, 5) is 23.0. The zero-order chi connectivity index (χ0) is 15.5. The van der Waals surface area contributed by atoms with Crippen LogP contribution in [-0.4, -0.2) is 27.8 Å². The Morgan fingerprint density at radius 3 is 2.48 bits per heavy atom. The van der Waals surface area contributed by atoms with Gasteiger partial charge >= 0.3 is 12.0 Å². The van der Waals surface area contributed by atoms with Crippen LogP contribution in [0.3, 0.4) is 0 Å². The predicted octanol–water partition coefficient (Wildman–Crippen LogP) is 2.93. The second-order valence-electron chi connectivity index (χ2n) is 5.71. The van der Waals surface area contributed by atoms with E-state index in [0.717, 1.165) is 25.7 Å². The lowest BCUT2D eigenvalue weighted by atomic mass is 9.83. The molecule has 0 saturated heterocycles. The number of urea groups is 1. The number of amides is 2. The van der Waals surface area contributed by atoms with Crippen molar-refractivity contribution in [3.05, 3.63) is 23.8 Å². The van der Waals surface area contributed by atoms with E-state index in [4.69, 9.17) is 5.11 Å². The van der Waals surface area contributed by atoms with Crippen molar-refractivity contribution < 1.29 is 19.8 Å². The van der Waals surface area contributed by atoms with Crippen LogP contribution in [0.15, 0.2) is 18.2 Å². The Morgan fingerprint density at radius 2 is 1.86 bits per heavy atom. The van der Waals surface area contributed by atoms with E-state index in [0.29, 0.717) is 0 Å². The molecule has 0 bridgehead atoms. The average molecular weight is 292 g/mol. The highest BCUT2D eigenvalue weighted by Gasteiger charge is 2.28. The van der Waals surface area contributed by atoms with Gasteiger partial charge in [0.1, 0.15) is 5.56 Å². The number of aromatic hydroxyl groups is 1. The molecule has 1 aromatic rings. The fourth-order valence-corrected chi connectivity index (χ4v) is 2.70. The first kappa shape index (κ1) is 15.2. The molecule has 1 fully saturated rings. The van der Waals surface area contributed by atoms with Crippen LogP contribution in [0.5, 0.6) is 5.75 Å². The number of hydrogen-bond acceptors (Lipinski definition) is 3. The summed E-state index contributed by atoms with van der Waals surface area (Å²) in [7, 11) is 0. The Balaban J connectivity index is 2.06. The molecule has 0 aromatic heterocycles. The summed E-state index contributed by atoms with van der Waals surface area (Å²) in [5, 5.41) is 24.2. The van der Waals surface area contributed by atoms with E-state index in [-0.39, 0.29) is 16.8 Å². The first-order valence-corrected chi connectivity index (χ1v) is 7.06. The van der Waals surface area contributed by atoms with Crippen LogP contribution in [0, 0.1) is 0 Å². The quantitative estimate of drug-likeness (QED) is 0.644. The number of anilines is 1. The lowest BCUT2D eigenvalue weighted by Crippen LogP contribution is -2.48. The zero-order valence-electron chi connectivity index (χ0n) is 12.0. The number of para-hydroxylation sites is 1. The van der Waals surface area contributed by atoms with Gasteiger partial charge in [-0.15, -0.1) is 0 Å². The van der Waals surface area contributed by atoms with Crippen molar-refractivity contribution in [1.82, 2.24) is 5.32 Å². The zero-order valence-corrected chi connectivity index (χ0v) is 12.0. The monoisotopic (exact) mass is 292 g/mol. The first-order valence-electron chi connectivity index (χ1n) is 7.06. The van der Waals surface area contributed by atoms with E-state index in [2.05, 4.69) is 10.6 Å². The molecule has 0 atom stereocenters. The predicted molar refractivity (Wildman–Crippen MR) is 78.7 cm³/mol. The molecule has 0 unspecified atom stereocenters. The molecular weight excluding hydrogens is 272 g/mol. The maximum atomic E-state index is 12.0. The van der Waals surface area contributed by atoms with E-state index in [1.807, 2.05) is 6.92 Å². The van der Waals surface area contributed by atoms with E-state index < -0.39 is 17.7 Å². The standard InChI is InChI=1S/C15H20N2O4/c1-15(8-3-2-4-9-15)17-14(21)16-11-7-5-6-10(12(11)18)13(19)20/h5-7,18H,2-4,8-9H2,1H3,(H,19,20)(H2,16,17,21). The SMILES string of the molecule is CC1(NC(=O)Nc2cccc(C(=O)O)c2O)CCCCC1. The van der Waals surface area contributed by atoms with Gasteiger partial charge in [0.05, 0.1) is 5.69 Å². The molecule has 1 saturated carbocycles. The summed E-state index contributed by atoms with van der Waals surface area (Å²) < 4.78 is 0. The smallest absolute Gasteiger partial charge is 0.339 e. The van der Waals surface area contributed by atoms with Gasteiger partial charge in [0, 0.05) is 5.54 Å². The highest BCUT2D eigenvalue weighted by molar-refractivity contribution is 5.97. The Kier molecular flexibility index (Phi) is 4.35. The molecule has 1 aliphatic rings. The summed E-state index contributed by atoms with van der Waals surface area (Å²) in [5.74, 6) is -1.68. The first-order chi connectivity index (χ1) is 9.91. The molecule has 0 spiro atoms. The molecule has 6 heteroatoms. The third kappa shape index (κ3) is 3.65. The molecule has 1 aromatic carbocycles. The highest BCUT2D eigenvalue weighted by Crippen LogP contribution is 2.29. The van der Waals surface area contributed by atoms with Gasteiger partial charge in [-0.1, -0.05) is 25.3 Å². The molecule has 2 rings (SSSR count). The molecule has 0 heterocycles. The number of phenols is 1. The lowest BCUT2D eigenvalue weighted by molar-refractivity contribution is 0.0693. The average Bonchev–Trinajstić information content (AvgIpc) is 2.41. The fraction of sp³-hybridized carbons (Fsp3) is 0.467. The number of aromatic carboxylic acids is 1. The second kappa shape index (κ2) is 6.03. The van der Waals surface area contributed by atoms with Gasteiger partial charge in [0.2, 0.25) is 0 Å². The van der Waals surface area contributed by atoms with Crippen molar-refractivity contribution in [2.24, 2.45) is 0 Å². The van der Waals surface area contributed by atoms with Crippen molar-refractivity contribution >= 4 is 17.7 Å². The van der Waals surface area contributed by atoms with Crippen molar-refractivity contribution in [3.63, 3.8) is 0 Å². The summed E-state index contributed by atoms with van der Waals surface area (Å²) in [5.41, 5.74) is -0.397. The molecular formula is C15H20N2O4. The van der Waals surface area contributed by atoms with Crippen LogP contribution in [0.2, 0.25) is 0 Å². The van der Waals surface area contributed by atoms with Crippen molar-refractivity contribution in [1.29, 1.82) is 0 Å². The summed E-state index contributed by atoms with van der Waals surface area (Å²) in [6.07, 6.45) is 5.18. The van der Waals surface area contributed by atoms with Crippen LogP contribution in [0.25, 0.3) is 0 Å². The maximum absolute atomic E-state index is 12.0. The van der Waals surface area contributed by atoms with Crippen LogP contribution in [0.4, 0.5) is 10.5 Å². The second-order valence-corrected chi connectivity index (χ2v) is 5.71. The highest BCUT2D eigenvalue weighted by atomic mass is 16.4. The molecule has 21 heavy (non-hydrogen) atoms. The number of hydrogen-bond donors (Lipinski definition) is 4. The molecule has 2 amide bonds. The molecule has 0 aliphatic heterocycles. The number of carboxylic acid groups (broad SMARTS) is 1. The van der Waals surface area contributed by atoms with Gasteiger partial charge in [0.15, 0.2) is 5.75 Å². The minimum absolute atomic E-state index is 0.0896. The van der Waals surface area contributed by atoms with E-state index in [1.165, 1.54) is 24.6 Å². The minimum atomic E-state index is -1.24. The molecule has 4 N–H and O–H groups in total. The fourth-order valence-electron chi connectivity index (χ4n) is 2.70. The third-order valence-electron chi connectivity index (χ3n) is 3.89. The number of carbonyl (C=O) groups is 2. The normalized spacial score (nSPS) is 17.0. The van der Waals surface area contributed by atoms with Gasteiger partial charge in [-0.05, 0) is 31.9 Å². The van der Waals surface area contributed by atoms with E-state index >= 15 is 0 Å². The minimum Gasteiger partial charge on any atom is -0.505 e. The number of rotatable bonds is 3. The summed E-state index contributed by atoms with van der Waals surface area (Å²) >= 11 is 0. The Morgan fingerprint density at radius 1 is 1.19 bits per heavy atom. The van der Waals surface area contributed by atoms with Crippen LogP contribution in [-0.2, 0) is 0 Å². The van der Waals surface area contributed by atoms with Crippen LogP contribution >= 0.6 is 0 Å². The Labute approximate surface area is 123 Å². The Hall–Kier alpha value is -2.24. The lowest BCUT2D eigenvalue weighted by Gasteiger charge is -2.34. The molecule has 0 radical (unpaired) electrons. The van der Waals surface area contributed by atoms with E-state index in [9.17, 15) is 14.7 Å². The van der Waals surface area contributed by atoms with Crippen molar-refractivity contribution in [2.75, 3.05) is 5.32 Å². The number of nitrogens with one attached hydrogen (secondary N) is 2. The topological polar surface area (TPSA) is 98.7 Å². The summed E-state index contributed by atoms with van der Waals surface area (Å²) in [6.45, 7) is 2.00. The number of benzene rings is 1. The van der Waals surface area contributed by atoms with Gasteiger partial charge in [-0.25, -0.2) is 9.59 Å². The maximum Gasteiger partial charge on any atom is 0.339 e. The van der Waals surface area contributed by atoms with Gasteiger partial charge < -0.3 is 20.8 Å². The van der Waals surface area contributed by atoms with Gasteiger partial charge in [-0.3, -0.25) is 0 Å². The van der Waals surface area contributed by atoms with Gasteiger partial charge in [-0.2, -0.15) is 0 Å². The van der Waals surface area contributed by atoms with Crippen molar-refractivity contribution in [2.45, 2.75) is 44.6 Å². The number of carboxylic acids is 1. The van der Waals surface area contributed by atoms with Crippen molar-refractivity contribution in [3.8, 4) is 5.75 Å². The van der Waals surface area contributed by atoms with Gasteiger partial charge in [0.25, 0.3) is 0 Å². The molecule has 1 aliphatic carbocycles. The number of carbonyl (C=O) groups excluding carboxylic acids is 1. The summed E-state index contributed by atoms with van der Waals surface area (Å²) in [6, 6.07) is 3.78. The Bertz CT molecular complexity index is 551. The largest absolute Gasteiger partial charge is 0.505 e. The molecule has 6 nitrogen and oxygen atoms in total. The van der Waals surface area contributed by atoms with Crippen LogP contribution in [0.1, 0.15) is 49.4 Å². The van der Waals surface area contributed by atoms with Crippen LogP contribution < -0.4 is 10.6 Å². The molecule has 114 valence electrons. The third-order valence-corrected chi connectivity index (χ3v) is 3.89.